The molecular weight excluding hydrogens is 380 g/mol. The lowest BCUT2D eigenvalue weighted by Crippen LogP contribution is -2.33. The van der Waals surface area contributed by atoms with Gasteiger partial charge in [-0.3, -0.25) is 4.79 Å². The van der Waals surface area contributed by atoms with Gasteiger partial charge in [0.25, 0.3) is 0 Å². The maximum Gasteiger partial charge on any atom is 0.245 e. The molecule has 1 aliphatic rings. The van der Waals surface area contributed by atoms with Crippen molar-refractivity contribution in [3.63, 3.8) is 0 Å². The molecule has 1 saturated heterocycles. The van der Waals surface area contributed by atoms with Crippen molar-refractivity contribution in [2.24, 2.45) is 5.10 Å². The normalized spacial score (nSPS) is 15.5. The molecule has 1 N–H and O–H groups in total. The number of ether oxygens (including phenoxy) is 3. The SMILES string of the molecule is CC1(CC(=O)N/N=C\c2cccc(OCc3cccc4ccccc34)c2)OCCO1. The number of amides is 1. The van der Waals surface area contributed by atoms with Crippen LogP contribution in [0.5, 0.6) is 5.75 Å². The number of hydrogen-bond donors (Lipinski definition) is 1. The Hall–Kier alpha value is -3.22. The highest BCUT2D eigenvalue weighted by atomic mass is 16.7. The third kappa shape index (κ3) is 5.03. The van der Waals surface area contributed by atoms with Gasteiger partial charge in [-0.15, -0.1) is 0 Å². The van der Waals surface area contributed by atoms with Crippen molar-refractivity contribution >= 4 is 22.9 Å². The third-order valence-electron chi connectivity index (χ3n) is 4.92. The second-order valence-corrected chi connectivity index (χ2v) is 7.30. The van der Waals surface area contributed by atoms with Gasteiger partial charge in [-0.25, -0.2) is 5.43 Å². The van der Waals surface area contributed by atoms with Crippen molar-refractivity contribution < 1.29 is 19.0 Å². The summed E-state index contributed by atoms with van der Waals surface area (Å²) in [6, 6.07) is 22.0. The summed E-state index contributed by atoms with van der Waals surface area (Å²) in [6.07, 6.45) is 1.68. The smallest absolute Gasteiger partial charge is 0.245 e. The van der Waals surface area contributed by atoms with Crippen molar-refractivity contribution in [3.05, 3.63) is 77.9 Å². The van der Waals surface area contributed by atoms with E-state index in [1.807, 2.05) is 42.5 Å². The van der Waals surface area contributed by atoms with Crippen LogP contribution in [0.2, 0.25) is 0 Å². The second kappa shape index (κ2) is 9.07. The third-order valence-corrected chi connectivity index (χ3v) is 4.92. The van der Waals surface area contributed by atoms with Crippen LogP contribution < -0.4 is 10.2 Å². The number of fused-ring (bicyclic) bond motifs is 1. The summed E-state index contributed by atoms with van der Waals surface area (Å²) in [5.41, 5.74) is 4.46. The van der Waals surface area contributed by atoms with Gasteiger partial charge in [0.2, 0.25) is 5.91 Å². The molecule has 0 unspecified atom stereocenters. The summed E-state index contributed by atoms with van der Waals surface area (Å²) in [7, 11) is 0. The molecule has 0 aromatic heterocycles. The average molecular weight is 404 g/mol. The summed E-state index contributed by atoms with van der Waals surface area (Å²) in [4.78, 5) is 12.0. The van der Waals surface area contributed by atoms with Crippen LogP contribution in [0.1, 0.15) is 24.5 Å². The largest absolute Gasteiger partial charge is 0.489 e. The van der Waals surface area contributed by atoms with Crippen LogP contribution in [0.4, 0.5) is 0 Å². The van der Waals surface area contributed by atoms with Gasteiger partial charge in [0.1, 0.15) is 12.4 Å². The van der Waals surface area contributed by atoms with Gasteiger partial charge in [-0.1, -0.05) is 54.6 Å². The summed E-state index contributed by atoms with van der Waals surface area (Å²) >= 11 is 0. The number of carbonyl (C=O) groups is 1. The first-order valence-corrected chi connectivity index (χ1v) is 9.91. The van der Waals surface area contributed by atoms with Crippen molar-refractivity contribution in [1.29, 1.82) is 0 Å². The lowest BCUT2D eigenvalue weighted by atomic mass is 10.1. The molecule has 6 nitrogen and oxygen atoms in total. The van der Waals surface area contributed by atoms with Crippen LogP contribution in [0.15, 0.2) is 71.8 Å². The van der Waals surface area contributed by atoms with Crippen LogP contribution in [0.25, 0.3) is 10.8 Å². The van der Waals surface area contributed by atoms with E-state index in [4.69, 9.17) is 14.2 Å². The van der Waals surface area contributed by atoms with Crippen molar-refractivity contribution in [2.75, 3.05) is 13.2 Å². The number of nitrogens with one attached hydrogen (secondary N) is 1. The minimum Gasteiger partial charge on any atom is -0.489 e. The number of benzene rings is 3. The molecule has 1 aliphatic heterocycles. The molecule has 1 heterocycles. The van der Waals surface area contributed by atoms with Crippen LogP contribution in [0.3, 0.4) is 0 Å². The molecule has 0 radical (unpaired) electrons. The molecule has 30 heavy (non-hydrogen) atoms. The Morgan fingerprint density at radius 3 is 2.73 bits per heavy atom. The van der Waals surface area contributed by atoms with Crippen molar-refractivity contribution in [2.45, 2.75) is 25.7 Å². The zero-order chi connectivity index (χ0) is 20.8. The fourth-order valence-corrected chi connectivity index (χ4v) is 3.43. The Morgan fingerprint density at radius 2 is 1.87 bits per heavy atom. The number of hydrogen-bond acceptors (Lipinski definition) is 5. The van der Waals surface area contributed by atoms with E-state index >= 15 is 0 Å². The predicted molar refractivity (Wildman–Crippen MR) is 115 cm³/mol. The Balaban J connectivity index is 1.34. The molecule has 3 aromatic carbocycles. The Morgan fingerprint density at radius 1 is 1.10 bits per heavy atom. The van der Waals surface area contributed by atoms with Gasteiger partial charge in [0, 0.05) is 0 Å². The fraction of sp³-hybridized carbons (Fsp3) is 0.250. The lowest BCUT2D eigenvalue weighted by Gasteiger charge is -2.20. The first kappa shape index (κ1) is 20.1. The summed E-state index contributed by atoms with van der Waals surface area (Å²) in [5.74, 6) is -0.396. The molecule has 0 saturated carbocycles. The van der Waals surface area contributed by atoms with Gasteiger partial charge in [-0.05, 0) is 41.0 Å². The molecule has 0 aliphatic carbocycles. The van der Waals surface area contributed by atoms with E-state index in [1.165, 1.54) is 10.8 Å². The monoisotopic (exact) mass is 404 g/mol. The van der Waals surface area contributed by atoms with E-state index in [-0.39, 0.29) is 12.3 Å². The molecule has 4 rings (SSSR count). The van der Waals surface area contributed by atoms with Crippen molar-refractivity contribution in [1.82, 2.24) is 5.43 Å². The standard InChI is InChI=1S/C24H24N2O4/c1-24(29-12-13-30-24)15-23(27)26-25-16-18-6-4-10-21(14-18)28-17-20-9-5-8-19-7-2-3-11-22(19)20/h2-11,14,16H,12-13,15,17H2,1H3,(H,26,27)/b25-16-. The summed E-state index contributed by atoms with van der Waals surface area (Å²) in [6.45, 7) is 3.22. The highest BCUT2D eigenvalue weighted by molar-refractivity contribution is 5.85. The molecular formula is C24H24N2O4. The van der Waals surface area contributed by atoms with E-state index in [1.54, 1.807) is 13.1 Å². The Labute approximate surface area is 175 Å². The Kier molecular flexibility index (Phi) is 6.07. The van der Waals surface area contributed by atoms with E-state index in [0.29, 0.717) is 19.8 Å². The van der Waals surface area contributed by atoms with E-state index in [9.17, 15) is 4.79 Å². The molecule has 3 aromatic rings. The number of carbonyl (C=O) groups excluding carboxylic acids is 1. The molecule has 0 bridgehead atoms. The average Bonchev–Trinajstić information content (AvgIpc) is 3.18. The summed E-state index contributed by atoms with van der Waals surface area (Å²) < 4.78 is 16.8. The number of hydrazone groups is 1. The fourth-order valence-electron chi connectivity index (χ4n) is 3.43. The summed E-state index contributed by atoms with van der Waals surface area (Å²) in [5, 5.41) is 6.40. The molecule has 1 fully saturated rings. The van der Waals surface area contributed by atoms with Gasteiger partial charge < -0.3 is 14.2 Å². The van der Waals surface area contributed by atoms with Gasteiger partial charge in [-0.2, -0.15) is 5.10 Å². The maximum absolute atomic E-state index is 12.0. The van der Waals surface area contributed by atoms with Gasteiger partial charge in [0.05, 0.1) is 25.8 Å². The zero-order valence-corrected chi connectivity index (χ0v) is 16.8. The predicted octanol–water partition coefficient (Wildman–Crippen LogP) is 4.02. The molecule has 154 valence electrons. The van der Waals surface area contributed by atoms with Crippen molar-refractivity contribution in [3.8, 4) is 5.75 Å². The topological polar surface area (TPSA) is 69.2 Å². The van der Waals surface area contributed by atoms with Crippen LogP contribution >= 0.6 is 0 Å². The van der Waals surface area contributed by atoms with Crippen LogP contribution in [-0.4, -0.2) is 31.1 Å². The van der Waals surface area contributed by atoms with E-state index < -0.39 is 5.79 Å². The van der Waals surface area contributed by atoms with E-state index in [0.717, 1.165) is 16.9 Å². The second-order valence-electron chi connectivity index (χ2n) is 7.30. The molecule has 0 atom stereocenters. The first-order chi connectivity index (χ1) is 14.6. The maximum atomic E-state index is 12.0. The van der Waals surface area contributed by atoms with Crippen LogP contribution in [0, 0.1) is 0 Å². The van der Waals surface area contributed by atoms with Gasteiger partial charge in [0.15, 0.2) is 5.79 Å². The van der Waals surface area contributed by atoms with E-state index in [2.05, 4.69) is 34.8 Å². The highest BCUT2D eigenvalue weighted by Crippen LogP contribution is 2.22. The molecule has 6 heteroatoms. The van der Waals surface area contributed by atoms with Gasteiger partial charge >= 0.3 is 0 Å². The zero-order valence-electron chi connectivity index (χ0n) is 16.8. The minimum atomic E-state index is -0.866. The number of rotatable bonds is 7. The van der Waals surface area contributed by atoms with Crippen LogP contribution in [-0.2, 0) is 20.9 Å². The quantitative estimate of drug-likeness (QED) is 0.477. The minimum absolute atomic E-state index is 0.0958. The molecule has 0 spiro atoms. The number of nitrogens with zero attached hydrogens (tertiary/aromatic N) is 1. The molecule has 1 amide bonds. The Bertz CT molecular complexity index is 1050. The first-order valence-electron chi connectivity index (χ1n) is 9.91. The lowest BCUT2D eigenvalue weighted by molar-refractivity contribution is -0.159. The highest BCUT2D eigenvalue weighted by Gasteiger charge is 2.33.